The summed E-state index contributed by atoms with van der Waals surface area (Å²) in [5, 5.41) is 16.1. The van der Waals surface area contributed by atoms with Crippen molar-refractivity contribution in [2.24, 2.45) is 0 Å². The minimum Gasteiger partial charge on any atom is -0.477 e. The molecule has 2 heterocycles. The van der Waals surface area contributed by atoms with Crippen LogP contribution in [0.5, 0.6) is 5.75 Å². The van der Waals surface area contributed by atoms with E-state index in [2.05, 4.69) is 27.4 Å². The first-order valence-electron chi connectivity index (χ1n) is 14.8. The maximum absolute atomic E-state index is 13.7. The molecule has 5 rings (SSSR count). The van der Waals surface area contributed by atoms with Gasteiger partial charge in [0, 0.05) is 37.5 Å². The molecule has 1 aromatic heterocycles. The summed E-state index contributed by atoms with van der Waals surface area (Å²) in [4.78, 5) is 2.89. The monoisotopic (exact) mass is 660 g/mol. The summed E-state index contributed by atoms with van der Waals surface area (Å²) in [6.45, 7) is 3.24. The summed E-state index contributed by atoms with van der Waals surface area (Å²) in [6, 6.07) is 12.3. The molecule has 2 fully saturated rings. The number of alkyl halides is 3. The lowest BCUT2D eigenvalue weighted by atomic mass is 9.89. The van der Waals surface area contributed by atoms with E-state index in [1.807, 2.05) is 12.1 Å². The van der Waals surface area contributed by atoms with Crippen LogP contribution >= 0.6 is 11.3 Å². The molecule has 45 heavy (non-hydrogen) atoms. The van der Waals surface area contributed by atoms with Gasteiger partial charge in [-0.2, -0.15) is 18.4 Å². The van der Waals surface area contributed by atoms with Crippen LogP contribution < -0.4 is 15.4 Å². The molecule has 0 atom stereocenters. The molecule has 2 aliphatic rings. The number of hydrogen-bond donors (Lipinski definition) is 2. The number of sulfone groups is 1. The fourth-order valence-electron chi connectivity index (χ4n) is 5.88. The van der Waals surface area contributed by atoms with Gasteiger partial charge < -0.3 is 20.1 Å². The molecule has 0 amide bonds. The van der Waals surface area contributed by atoms with Gasteiger partial charge in [-0.3, -0.25) is 4.90 Å². The minimum atomic E-state index is -4.40. The Balaban J connectivity index is 1.33. The van der Waals surface area contributed by atoms with Crippen LogP contribution in [0.3, 0.4) is 0 Å². The van der Waals surface area contributed by atoms with Gasteiger partial charge in [-0.25, -0.2) is 8.42 Å². The van der Waals surface area contributed by atoms with E-state index in [4.69, 9.17) is 14.7 Å². The number of benzene rings is 2. The predicted molar refractivity (Wildman–Crippen MR) is 170 cm³/mol. The van der Waals surface area contributed by atoms with E-state index in [-0.39, 0.29) is 35.4 Å². The lowest BCUT2D eigenvalue weighted by Crippen LogP contribution is -2.46. The highest BCUT2D eigenvalue weighted by molar-refractivity contribution is 7.90. The lowest BCUT2D eigenvalue weighted by Gasteiger charge is -2.39. The van der Waals surface area contributed by atoms with Crippen molar-refractivity contribution in [2.75, 3.05) is 56.3 Å². The number of nitriles is 1. The van der Waals surface area contributed by atoms with Crippen LogP contribution in [0.25, 0.3) is 10.1 Å². The average molecular weight is 661 g/mol. The molecule has 1 aliphatic carbocycles. The number of nitrogens with one attached hydrogen (secondary N) is 2. The first-order valence-corrected chi connectivity index (χ1v) is 17.5. The molecular formula is C32H35F3N4O4S2. The van der Waals surface area contributed by atoms with Crippen LogP contribution in [-0.2, 0) is 21.0 Å². The van der Waals surface area contributed by atoms with Gasteiger partial charge in [0.25, 0.3) is 0 Å². The van der Waals surface area contributed by atoms with Crippen molar-refractivity contribution in [1.29, 1.82) is 5.26 Å². The normalized spacial score (nSPS) is 19.4. The molecule has 13 heteroatoms. The molecule has 0 spiro atoms. The number of fused-ring (bicyclic) bond motifs is 1. The molecule has 8 nitrogen and oxygen atoms in total. The molecule has 0 bridgehead atoms. The number of anilines is 2. The molecule has 2 N–H and O–H groups in total. The Hall–Kier alpha value is -3.49. The summed E-state index contributed by atoms with van der Waals surface area (Å²) < 4.78 is 76.6. The summed E-state index contributed by atoms with van der Waals surface area (Å²) >= 11 is 1.25. The maximum Gasteiger partial charge on any atom is 0.393 e. The van der Waals surface area contributed by atoms with Crippen LogP contribution in [0, 0.1) is 23.2 Å². The molecule has 0 radical (unpaired) electrons. The second-order valence-electron chi connectivity index (χ2n) is 11.2. The van der Waals surface area contributed by atoms with Crippen molar-refractivity contribution in [1.82, 2.24) is 4.90 Å². The lowest BCUT2D eigenvalue weighted by molar-refractivity contribution is -0.126. The Morgan fingerprint density at radius 1 is 1.11 bits per heavy atom. The fourth-order valence-corrected chi connectivity index (χ4v) is 7.69. The zero-order valence-corrected chi connectivity index (χ0v) is 26.5. The van der Waals surface area contributed by atoms with Crippen LogP contribution in [0.2, 0.25) is 0 Å². The molecular weight excluding hydrogens is 626 g/mol. The first-order chi connectivity index (χ1) is 21.5. The molecule has 2 aromatic carbocycles. The summed E-state index contributed by atoms with van der Waals surface area (Å²) in [7, 11) is -3.50. The zero-order valence-electron chi connectivity index (χ0n) is 24.9. The highest BCUT2D eigenvalue weighted by Gasteiger charge is 2.32. The van der Waals surface area contributed by atoms with E-state index in [1.54, 1.807) is 12.1 Å². The van der Waals surface area contributed by atoms with Crippen molar-refractivity contribution in [3.8, 4) is 23.7 Å². The quantitative estimate of drug-likeness (QED) is 0.277. The van der Waals surface area contributed by atoms with E-state index in [1.165, 1.54) is 29.5 Å². The van der Waals surface area contributed by atoms with E-state index in [0.717, 1.165) is 68.6 Å². The Morgan fingerprint density at radius 3 is 2.56 bits per heavy atom. The standard InChI is InChI=1S/C32H35F3N4O4S2/c1-45(40,41)24-11-12-27(29(20-24)43-17-13-36)37-14-3-6-30-26(21-32(33,34)35)25-4-2-5-28(31(25)44-30)38-22-7-9-23(10-8-22)39-15-18-42-19-16-39/h2,4-5,11-12,20,22-23,37-38H,7-10,14-19,21H2,1H3. The number of thiophene rings is 1. The largest absolute Gasteiger partial charge is 0.477 e. The van der Waals surface area contributed by atoms with Gasteiger partial charge >= 0.3 is 6.18 Å². The van der Waals surface area contributed by atoms with Crippen LogP contribution in [-0.4, -0.2) is 77.3 Å². The molecule has 1 aliphatic heterocycles. The number of rotatable bonds is 9. The van der Waals surface area contributed by atoms with Gasteiger partial charge in [-0.05, 0) is 54.8 Å². The van der Waals surface area contributed by atoms with Crippen molar-refractivity contribution in [2.45, 2.75) is 55.3 Å². The number of morpholine rings is 1. The molecule has 3 aromatic rings. The van der Waals surface area contributed by atoms with Crippen molar-refractivity contribution in [3.63, 3.8) is 0 Å². The number of nitrogens with zero attached hydrogens (tertiary/aromatic N) is 2. The van der Waals surface area contributed by atoms with Crippen molar-refractivity contribution in [3.05, 3.63) is 46.8 Å². The summed E-state index contributed by atoms with van der Waals surface area (Å²) in [5.74, 6) is 6.01. The van der Waals surface area contributed by atoms with Gasteiger partial charge in [0.15, 0.2) is 16.4 Å². The van der Waals surface area contributed by atoms with Gasteiger partial charge in [0.1, 0.15) is 11.8 Å². The SMILES string of the molecule is CS(=O)(=O)c1ccc(NCC#Cc2sc3c(NC4CCC(N5CCOCC5)CC4)cccc3c2CC(F)(F)F)c(OCC#N)c1. The fraction of sp³-hybridized carbons (Fsp3) is 0.469. The summed E-state index contributed by atoms with van der Waals surface area (Å²) in [5.41, 5.74) is 1.39. The Bertz CT molecular complexity index is 1710. The third-order valence-corrected chi connectivity index (χ3v) is 10.4. The minimum absolute atomic E-state index is 0.0312. The topological polar surface area (TPSA) is 104 Å². The van der Waals surface area contributed by atoms with Crippen LogP contribution in [0.15, 0.2) is 41.3 Å². The van der Waals surface area contributed by atoms with E-state index in [9.17, 15) is 21.6 Å². The smallest absolute Gasteiger partial charge is 0.393 e. The summed E-state index contributed by atoms with van der Waals surface area (Å²) in [6.07, 6.45) is -0.305. The van der Waals surface area contributed by atoms with Crippen molar-refractivity contribution < 1.29 is 31.1 Å². The second-order valence-corrected chi connectivity index (χ2v) is 14.3. The Morgan fingerprint density at radius 2 is 1.87 bits per heavy atom. The predicted octanol–water partition coefficient (Wildman–Crippen LogP) is 5.83. The van der Waals surface area contributed by atoms with Gasteiger partial charge in [0.05, 0.1) is 52.0 Å². The Labute approximate surface area is 265 Å². The van der Waals surface area contributed by atoms with Crippen LogP contribution in [0.1, 0.15) is 36.1 Å². The van der Waals surface area contributed by atoms with Crippen LogP contribution in [0.4, 0.5) is 24.5 Å². The number of halogens is 3. The zero-order chi connectivity index (χ0) is 32.0. The van der Waals surface area contributed by atoms with Gasteiger partial charge in [0.2, 0.25) is 0 Å². The molecule has 1 saturated heterocycles. The third-order valence-electron chi connectivity index (χ3n) is 8.06. The average Bonchev–Trinajstić information content (AvgIpc) is 3.35. The van der Waals surface area contributed by atoms with Gasteiger partial charge in [-0.15, -0.1) is 11.3 Å². The van der Waals surface area contributed by atoms with E-state index < -0.39 is 22.4 Å². The second kappa shape index (κ2) is 14.3. The number of ether oxygens (including phenoxy) is 2. The van der Waals surface area contributed by atoms with Crippen molar-refractivity contribution >= 4 is 42.6 Å². The third kappa shape index (κ3) is 8.61. The number of hydrogen-bond acceptors (Lipinski definition) is 9. The Kier molecular flexibility index (Phi) is 10.4. The highest BCUT2D eigenvalue weighted by Crippen LogP contribution is 2.40. The van der Waals surface area contributed by atoms with E-state index in [0.29, 0.717) is 22.0 Å². The molecule has 240 valence electrons. The van der Waals surface area contributed by atoms with E-state index >= 15 is 0 Å². The highest BCUT2D eigenvalue weighted by atomic mass is 32.2. The maximum atomic E-state index is 13.7. The molecule has 1 saturated carbocycles. The van der Waals surface area contributed by atoms with Gasteiger partial charge in [-0.1, -0.05) is 24.0 Å². The first kappa shape index (κ1) is 32.9. The molecule has 0 unspecified atom stereocenters.